The summed E-state index contributed by atoms with van der Waals surface area (Å²) in [6, 6.07) is 25.6. The van der Waals surface area contributed by atoms with Crippen molar-refractivity contribution in [2.45, 2.75) is 12.0 Å². The normalized spacial score (nSPS) is 18.2. The Balaban J connectivity index is 1.49. The maximum absolute atomic E-state index is 13.7. The van der Waals surface area contributed by atoms with E-state index in [1.807, 2.05) is 84.9 Å². The van der Waals surface area contributed by atoms with Crippen LogP contribution in [0, 0.1) is 0 Å². The molecule has 0 spiro atoms. The van der Waals surface area contributed by atoms with Gasteiger partial charge in [-0.05, 0) is 17.2 Å². The fourth-order valence-electron chi connectivity index (χ4n) is 4.34. The minimum Gasteiger partial charge on any atom is -0.360 e. The lowest BCUT2D eigenvalue weighted by atomic mass is 9.83. The van der Waals surface area contributed by atoms with Crippen LogP contribution in [0.25, 0.3) is 10.9 Å². The van der Waals surface area contributed by atoms with Crippen molar-refractivity contribution < 1.29 is 14.4 Å². The number of rotatable bonds is 6. The lowest BCUT2D eigenvalue weighted by Crippen LogP contribution is -2.46. The maximum Gasteiger partial charge on any atom is 0.325 e. The van der Waals surface area contributed by atoms with E-state index in [2.05, 4.69) is 10.3 Å². The van der Waals surface area contributed by atoms with E-state index in [0.717, 1.165) is 21.4 Å². The summed E-state index contributed by atoms with van der Waals surface area (Å²) in [7, 11) is 0. The largest absolute Gasteiger partial charge is 0.360 e. The fourth-order valence-corrected chi connectivity index (χ4v) is 4.34. The smallest absolute Gasteiger partial charge is 0.325 e. The van der Waals surface area contributed by atoms with Gasteiger partial charge in [0.15, 0.2) is 11.3 Å². The Labute approximate surface area is 184 Å². The van der Waals surface area contributed by atoms with Crippen molar-refractivity contribution in [3.63, 3.8) is 0 Å². The fraction of sp³-hybridized carbons (Fsp3) is 0.115. The number of hydrogen-bond acceptors (Lipinski definition) is 3. The van der Waals surface area contributed by atoms with E-state index in [-0.39, 0.29) is 12.3 Å². The molecule has 6 heteroatoms. The Kier molecular flexibility index (Phi) is 4.82. The molecule has 3 aromatic carbocycles. The van der Waals surface area contributed by atoms with Crippen LogP contribution >= 0.6 is 0 Å². The SMILES string of the molecule is O=C(CN1C(=O)N[C@@](Cc2ccccc2)(c2ccccc2)C1=O)c1c[nH]c2ccccc12. The number of hydrogen-bond donors (Lipinski definition) is 2. The number of Topliss-reactive ketones (excluding diaryl/α,β-unsaturated/α-hetero) is 1. The Bertz CT molecular complexity index is 1310. The summed E-state index contributed by atoms with van der Waals surface area (Å²) in [5.41, 5.74) is 1.62. The molecule has 2 N–H and O–H groups in total. The summed E-state index contributed by atoms with van der Waals surface area (Å²) in [4.78, 5) is 43.8. The number of nitrogens with one attached hydrogen (secondary N) is 2. The van der Waals surface area contributed by atoms with E-state index in [4.69, 9.17) is 0 Å². The molecule has 1 saturated heterocycles. The molecular weight excluding hydrogens is 402 g/mol. The van der Waals surface area contributed by atoms with Gasteiger partial charge in [-0.1, -0.05) is 78.9 Å². The second kappa shape index (κ2) is 7.81. The van der Waals surface area contributed by atoms with E-state index in [9.17, 15) is 14.4 Å². The average molecular weight is 423 g/mol. The van der Waals surface area contributed by atoms with Gasteiger partial charge < -0.3 is 10.3 Å². The van der Waals surface area contributed by atoms with E-state index < -0.39 is 17.5 Å². The van der Waals surface area contributed by atoms with Crippen LogP contribution in [-0.2, 0) is 16.8 Å². The average Bonchev–Trinajstić information content (AvgIpc) is 3.36. The number of benzene rings is 3. The third-order valence-electron chi connectivity index (χ3n) is 5.95. The number of aromatic amines is 1. The maximum atomic E-state index is 13.7. The van der Waals surface area contributed by atoms with Crippen LogP contribution in [0.2, 0.25) is 0 Å². The van der Waals surface area contributed by atoms with Gasteiger partial charge >= 0.3 is 6.03 Å². The standard InChI is InChI=1S/C26H21N3O3/c30-23(21-16-27-22-14-8-7-13-20(21)22)17-29-24(31)26(28-25(29)32,19-11-5-2-6-12-19)15-18-9-3-1-4-10-18/h1-14,16,27H,15,17H2,(H,28,32)/t26-/m0/s1. The molecule has 32 heavy (non-hydrogen) atoms. The van der Waals surface area contributed by atoms with Crippen LogP contribution in [0.3, 0.4) is 0 Å². The van der Waals surface area contributed by atoms with Crippen molar-refractivity contribution in [1.29, 1.82) is 0 Å². The highest BCUT2D eigenvalue weighted by Crippen LogP contribution is 2.33. The third-order valence-corrected chi connectivity index (χ3v) is 5.95. The molecule has 0 bridgehead atoms. The zero-order valence-corrected chi connectivity index (χ0v) is 17.2. The quantitative estimate of drug-likeness (QED) is 0.363. The first-order valence-corrected chi connectivity index (χ1v) is 10.4. The number of carbonyl (C=O) groups excluding carboxylic acids is 3. The summed E-state index contributed by atoms with van der Waals surface area (Å²) in [5.74, 6) is -0.722. The minimum absolute atomic E-state index is 0.292. The number of H-pyrrole nitrogens is 1. The monoisotopic (exact) mass is 423 g/mol. The van der Waals surface area contributed by atoms with Gasteiger partial charge in [-0.2, -0.15) is 0 Å². The number of imide groups is 1. The van der Waals surface area contributed by atoms with Gasteiger partial charge in [0, 0.05) is 29.1 Å². The molecule has 0 saturated carbocycles. The molecule has 5 rings (SSSR count). The Hall–Kier alpha value is -4.19. The van der Waals surface area contributed by atoms with Crippen molar-refractivity contribution >= 4 is 28.6 Å². The molecule has 1 aliphatic heterocycles. The molecule has 0 unspecified atom stereocenters. The number of aromatic nitrogens is 1. The Morgan fingerprint density at radius 1 is 0.844 bits per heavy atom. The summed E-state index contributed by atoms with van der Waals surface area (Å²) in [6.07, 6.45) is 1.92. The molecule has 3 amide bonds. The summed E-state index contributed by atoms with van der Waals surface area (Å²) < 4.78 is 0. The van der Waals surface area contributed by atoms with Gasteiger partial charge in [0.2, 0.25) is 0 Å². The first-order valence-electron chi connectivity index (χ1n) is 10.4. The lowest BCUT2D eigenvalue weighted by molar-refractivity contribution is -0.131. The predicted molar refractivity (Wildman–Crippen MR) is 121 cm³/mol. The van der Waals surface area contributed by atoms with Gasteiger partial charge in [0.25, 0.3) is 5.91 Å². The molecule has 2 heterocycles. The number of ketones is 1. The van der Waals surface area contributed by atoms with Crippen LogP contribution in [0.4, 0.5) is 4.79 Å². The molecule has 0 aliphatic carbocycles. The van der Waals surface area contributed by atoms with Crippen LogP contribution in [-0.4, -0.2) is 34.2 Å². The minimum atomic E-state index is -1.26. The Morgan fingerprint density at radius 2 is 1.50 bits per heavy atom. The third kappa shape index (κ3) is 3.26. The lowest BCUT2D eigenvalue weighted by Gasteiger charge is -2.27. The van der Waals surface area contributed by atoms with Crippen LogP contribution in [0.1, 0.15) is 21.5 Å². The number of carbonyl (C=O) groups is 3. The molecule has 1 fully saturated rings. The van der Waals surface area contributed by atoms with Crippen LogP contribution < -0.4 is 5.32 Å². The summed E-state index contributed by atoms with van der Waals surface area (Å²) in [5, 5.41) is 3.66. The topological polar surface area (TPSA) is 82.3 Å². The van der Waals surface area contributed by atoms with Gasteiger partial charge in [-0.25, -0.2) is 4.79 Å². The summed E-state index contributed by atoms with van der Waals surface area (Å²) >= 11 is 0. The molecule has 0 radical (unpaired) electrons. The number of fused-ring (bicyclic) bond motifs is 1. The number of urea groups is 1. The number of amides is 3. The number of para-hydroxylation sites is 1. The van der Waals surface area contributed by atoms with Crippen molar-refractivity contribution in [3.05, 3.63) is 108 Å². The van der Waals surface area contributed by atoms with Crippen LogP contribution in [0.15, 0.2) is 91.1 Å². The molecule has 6 nitrogen and oxygen atoms in total. The highest BCUT2D eigenvalue weighted by Gasteiger charge is 2.52. The second-order valence-electron chi connectivity index (χ2n) is 7.93. The second-order valence-corrected chi connectivity index (χ2v) is 7.93. The predicted octanol–water partition coefficient (Wildman–Crippen LogP) is 4.04. The first-order chi connectivity index (χ1) is 15.6. The Morgan fingerprint density at radius 3 is 2.25 bits per heavy atom. The molecule has 1 aromatic heterocycles. The van der Waals surface area contributed by atoms with Gasteiger partial charge in [-0.3, -0.25) is 14.5 Å². The van der Waals surface area contributed by atoms with Gasteiger partial charge in [0.1, 0.15) is 0 Å². The highest BCUT2D eigenvalue weighted by atomic mass is 16.2. The summed E-state index contributed by atoms with van der Waals surface area (Å²) in [6.45, 7) is -0.324. The van der Waals surface area contributed by atoms with E-state index >= 15 is 0 Å². The van der Waals surface area contributed by atoms with Crippen molar-refractivity contribution in [2.75, 3.05) is 6.54 Å². The highest BCUT2D eigenvalue weighted by molar-refractivity contribution is 6.14. The zero-order chi connectivity index (χ0) is 22.1. The molecular formula is C26H21N3O3. The molecule has 1 aliphatic rings. The van der Waals surface area contributed by atoms with E-state index in [1.54, 1.807) is 6.20 Å². The number of nitrogens with zero attached hydrogens (tertiary/aromatic N) is 1. The van der Waals surface area contributed by atoms with E-state index in [0.29, 0.717) is 17.5 Å². The first kappa shape index (κ1) is 19.8. The molecule has 4 aromatic rings. The van der Waals surface area contributed by atoms with Gasteiger partial charge in [0.05, 0.1) is 6.54 Å². The van der Waals surface area contributed by atoms with Gasteiger partial charge in [-0.15, -0.1) is 0 Å². The van der Waals surface area contributed by atoms with Crippen molar-refractivity contribution in [1.82, 2.24) is 15.2 Å². The zero-order valence-electron chi connectivity index (χ0n) is 17.2. The van der Waals surface area contributed by atoms with E-state index in [1.165, 1.54) is 0 Å². The van der Waals surface area contributed by atoms with Crippen molar-refractivity contribution in [2.24, 2.45) is 0 Å². The van der Waals surface area contributed by atoms with Crippen LogP contribution in [0.5, 0.6) is 0 Å². The van der Waals surface area contributed by atoms with Crippen molar-refractivity contribution in [3.8, 4) is 0 Å². The molecule has 158 valence electrons. The molecule has 1 atom stereocenters.